The molecule has 0 saturated carbocycles. The number of carbonyl (C=O) groups is 1. The Morgan fingerprint density at radius 3 is 1.56 bits per heavy atom. The summed E-state index contributed by atoms with van der Waals surface area (Å²) in [5.74, 6) is 0.909. The van der Waals surface area contributed by atoms with Crippen LogP contribution < -0.4 is 0 Å². The van der Waals surface area contributed by atoms with Gasteiger partial charge < -0.3 is 38.1 Å². The summed E-state index contributed by atoms with van der Waals surface area (Å²) in [5.41, 5.74) is 8.11. The fraction of sp³-hybridized carbons (Fsp3) is 0.952. The van der Waals surface area contributed by atoms with Crippen LogP contribution in [0, 0.1) is 0 Å². The number of carbonyl (C=O) groups excluding carboxylic acids is 1. The van der Waals surface area contributed by atoms with Crippen molar-refractivity contribution in [1.82, 2.24) is 4.90 Å². The van der Waals surface area contributed by atoms with Crippen LogP contribution in [0.1, 0.15) is 0 Å². The van der Waals surface area contributed by atoms with Crippen LogP contribution in [0.4, 0.5) is 4.79 Å². The van der Waals surface area contributed by atoms with Gasteiger partial charge in [0.15, 0.2) is 0 Å². The average Bonchev–Trinajstić information content (AvgIpc) is 2.79. The molecule has 0 radical (unpaired) electrons. The standard InChI is InChI=1S/C21H44N4O8S/c1-25(21(26)33-19-20-34(2,3)4)6-8-28-10-12-30-14-16-32-18-17-31-15-13-29-11-9-27-7-5-23-24-22/h5-20H2,1-4H3. The third-order valence-electron chi connectivity index (χ3n) is 4.06. The third kappa shape index (κ3) is 25.3. The zero-order valence-electron chi connectivity index (χ0n) is 21.3. The van der Waals surface area contributed by atoms with E-state index in [4.69, 9.17) is 38.7 Å². The van der Waals surface area contributed by atoms with E-state index in [1.807, 2.05) is 0 Å². The zero-order chi connectivity index (χ0) is 25.3. The van der Waals surface area contributed by atoms with Crippen molar-refractivity contribution in [2.45, 2.75) is 0 Å². The molecule has 0 aliphatic carbocycles. The lowest BCUT2D eigenvalue weighted by molar-refractivity contribution is -0.0169. The van der Waals surface area contributed by atoms with E-state index in [0.29, 0.717) is 99.0 Å². The lowest BCUT2D eigenvalue weighted by Gasteiger charge is -2.25. The summed E-state index contributed by atoms with van der Waals surface area (Å²) < 4.78 is 37.5. The van der Waals surface area contributed by atoms with E-state index in [-0.39, 0.29) is 6.09 Å². The topological polar surface area (TPSA) is 134 Å². The molecule has 13 heteroatoms. The van der Waals surface area contributed by atoms with Gasteiger partial charge in [0.1, 0.15) is 6.61 Å². The average molecular weight is 513 g/mol. The van der Waals surface area contributed by atoms with Gasteiger partial charge in [-0.25, -0.2) is 14.8 Å². The van der Waals surface area contributed by atoms with Crippen molar-refractivity contribution in [3.05, 3.63) is 10.4 Å². The van der Waals surface area contributed by atoms with Crippen LogP contribution in [-0.4, -0.2) is 142 Å². The lowest BCUT2D eigenvalue weighted by atomic mass is 10.6. The summed E-state index contributed by atoms with van der Waals surface area (Å²) in [7, 11) is 1.04. The summed E-state index contributed by atoms with van der Waals surface area (Å²) in [6.07, 6.45) is 6.26. The van der Waals surface area contributed by atoms with Gasteiger partial charge in [-0.2, -0.15) is 0 Å². The number of likely N-dealkylation sites (N-methyl/N-ethyl adjacent to an activating group) is 1. The van der Waals surface area contributed by atoms with E-state index < -0.39 is 10.0 Å². The minimum Gasteiger partial charge on any atom is -0.449 e. The number of amides is 1. The summed E-state index contributed by atoms with van der Waals surface area (Å²) >= 11 is 0. The quantitative estimate of drug-likeness (QED) is 0.0831. The molecular weight excluding hydrogens is 468 g/mol. The van der Waals surface area contributed by atoms with E-state index in [2.05, 4.69) is 28.8 Å². The first-order valence-electron chi connectivity index (χ1n) is 11.4. The molecule has 0 rings (SSSR count). The number of hydrogen-bond acceptors (Lipinski definition) is 9. The van der Waals surface area contributed by atoms with Crippen molar-refractivity contribution in [3.63, 3.8) is 0 Å². The fourth-order valence-electron chi connectivity index (χ4n) is 2.13. The molecule has 0 saturated heterocycles. The van der Waals surface area contributed by atoms with Gasteiger partial charge in [-0.05, 0) is 24.3 Å². The molecule has 0 unspecified atom stereocenters. The van der Waals surface area contributed by atoms with Crippen molar-refractivity contribution >= 4 is 16.1 Å². The number of ether oxygens (including phenoxy) is 7. The van der Waals surface area contributed by atoms with Gasteiger partial charge >= 0.3 is 6.09 Å². The lowest BCUT2D eigenvalue weighted by Crippen LogP contribution is -2.31. The molecule has 0 N–H and O–H groups in total. The van der Waals surface area contributed by atoms with E-state index in [0.717, 1.165) is 5.75 Å². The summed E-state index contributed by atoms with van der Waals surface area (Å²) in [4.78, 5) is 16.0. The highest BCUT2D eigenvalue weighted by atomic mass is 32.3. The summed E-state index contributed by atoms with van der Waals surface area (Å²) in [5, 5.41) is 3.36. The van der Waals surface area contributed by atoms with Gasteiger partial charge in [0.2, 0.25) is 0 Å². The first-order chi connectivity index (χ1) is 16.4. The number of rotatable bonds is 24. The molecule has 0 aromatic heterocycles. The molecule has 34 heavy (non-hydrogen) atoms. The Hall–Kier alpha value is -1.31. The van der Waals surface area contributed by atoms with Crippen LogP contribution >= 0.6 is 10.0 Å². The molecule has 0 aromatic carbocycles. The van der Waals surface area contributed by atoms with Gasteiger partial charge in [-0.1, -0.05) is 5.11 Å². The van der Waals surface area contributed by atoms with Crippen LogP contribution in [0.3, 0.4) is 0 Å². The van der Waals surface area contributed by atoms with Gasteiger partial charge in [0.05, 0.1) is 79.3 Å². The van der Waals surface area contributed by atoms with E-state index in [1.54, 1.807) is 7.05 Å². The van der Waals surface area contributed by atoms with Crippen molar-refractivity contribution in [1.29, 1.82) is 0 Å². The molecule has 0 fully saturated rings. The molecule has 202 valence electrons. The monoisotopic (exact) mass is 512 g/mol. The van der Waals surface area contributed by atoms with Gasteiger partial charge in [0.25, 0.3) is 0 Å². The second-order valence-electron chi connectivity index (χ2n) is 7.96. The highest BCUT2D eigenvalue weighted by molar-refractivity contribution is 8.32. The van der Waals surface area contributed by atoms with Gasteiger partial charge in [-0.3, -0.25) is 0 Å². The van der Waals surface area contributed by atoms with Crippen molar-refractivity contribution in [2.24, 2.45) is 5.11 Å². The second kappa shape index (κ2) is 23.4. The van der Waals surface area contributed by atoms with E-state index >= 15 is 0 Å². The van der Waals surface area contributed by atoms with Crippen LogP contribution in [0.2, 0.25) is 0 Å². The largest absolute Gasteiger partial charge is 0.449 e. The summed E-state index contributed by atoms with van der Waals surface area (Å²) in [6.45, 7) is 6.85. The number of azide groups is 1. The minimum absolute atomic E-state index is 0.317. The molecular formula is C21H44N4O8S. The van der Waals surface area contributed by atoms with E-state index in [1.165, 1.54) is 4.90 Å². The Kier molecular flexibility index (Phi) is 22.5. The molecule has 1 amide bonds. The van der Waals surface area contributed by atoms with E-state index in [9.17, 15) is 4.79 Å². The minimum atomic E-state index is -0.660. The Balaban J connectivity index is 3.25. The predicted molar refractivity (Wildman–Crippen MR) is 133 cm³/mol. The normalized spacial score (nSPS) is 11.8. The highest BCUT2D eigenvalue weighted by Gasteiger charge is 2.11. The molecule has 0 heterocycles. The third-order valence-corrected chi connectivity index (χ3v) is 5.45. The maximum absolute atomic E-state index is 11.9. The number of nitrogens with zero attached hydrogens (tertiary/aromatic N) is 4. The number of hydrogen-bond donors (Lipinski definition) is 0. The van der Waals surface area contributed by atoms with Crippen LogP contribution in [0.25, 0.3) is 10.4 Å². The second-order valence-corrected chi connectivity index (χ2v) is 12.5. The van der Waals surface area contributed by atoms with Gasteiger partial charge in [-0.15, -0.1) is 0 Å². The molecule has 0 aromatic rings. The molecule has 0 aliphatic rings. The first-order valence-corrected chi connectivity index (χ1v) is 14.4. The Morgan fingerprint density at radius 1 is 0.735 bits per heavy atom. The Labute approximate surface area is 205 Å². The molecule has 12 nitrogen and oxygen atoms in total. The van der Waals surface area contributed by atoms with Crippen LogP contribution in [0.5, 0.6) is 0 Å². The maximum atomic E-state index is 11.9. The first kappa shape index (κ1) is 32.7. The molecule has 0 atom stereocenters. The summed E-state index contributed by atoms with van der Waals surface area (Å²) in [6, 6.07) is 0. The smallest absolute Gasteiger partial charge is 0.409 e. The van der Waals surface area contributed by atoms with Crippen LogP contribution in [0.15, 0.2) is 5.11 Å². The predicted octanol–water partition coefficient (Wildman–Crippen LogP) is 2.16. The molecule has 0 aliphatic heterocycles. The molecule has 0 bridgehead atoms. The van der Waals surface area contributed by atoms with Gasteiger partial charge in [0, 0.05) is 30.8 Å². The highest BCUT2D eigenvalue weighted by Crippen LogP contribution is 2.33. The fourth-order valence-corrected chi connectivity index (χ4v) is 2.72. The van der Waals surface area contributed by atoms with Crippen molar-refractivity contribution in [3.8, 4) is 0 Å². The maximum Gasteiger partial charge on any atom is 0.409 e. The van der Waals surface area contributed by atoms with Crippen molar-refractivity contribution < 1.29 is 38.0 Å². The SMILES string of the molecule is CN(CCOCCOCCOCCOCCOCCOCCN=[N+]=[N-])C(=O)OCCS(C)(C)C. The van der Waals surface area contributed by atoms with Crippen LogP contribution in [-0.2, 0) is 33.2 Å². The van der Waals surface area contributed by atoms with Crippen molar-refractivity contribution in [2.75, 3.05) is 131 Å². The Bertz CT molecular complexity index is 533. The Morgan fingerprint density at radius 2 is 1.15 bits per heavy atom. The zero-order valence-corrected chi connectivity index (χ0v) is 22.1. The molecule has 0 spiro atoms.